The average Bonchev–Trinajstić information content (AvgIpc) is 2.94. The quantitative estimate of drug-likeness (QED) is 0.769. The molecule has 0 bridgehead atoms. The Hall–Kier alpha value is -1.31. The Kier molecular flexibility index (Phi) is 1.91. The summed E-state index contributed by atoms with van der Waals surface area (Å²) in [4.78, 5) is 0. The molecule has 0 atom stereocenters. The highest BCUT2D eigenvalue weighted by Crippen LogP contribution is 2.42. The summed E-state index contributed by atoms with van der Waals surface area (Å²) in [5.74, 6) is 0.806. The number of hydrogen-bond acceptors (Lipinski definition) is 1. The van der Waals surface area contributed by atoms with Crippen LogP contribution >= 0.6 is 0 Å². The van der Waals surface area contributed by atoms with Crippen molar-refractivity contribution in [1.29, 1.82) is 0 Å². The molecule has 1 heterocycles. The number of benzene rings is 1. The molecule has 1 aromatic carbocycles. The van der Waals surface area contributed by atoms with Gasteiger partial charge in [0.25, 0.3) is 0 Å². The molecule has 1 N–H and O–H groups in total. The standard InChI is InChI=1S/C14H18N2/c1-14(2,3)12-7-10(9-4-5-9)6-11-8-15-16-13(11)12/h6-9H,4-5H2,1-3H3,(H,15,16). The second-order valence-electron chi connectivity index (χ2n) is 5.93. The van der Waals surface area contributed by atoms with Gasteiger partial charge < -0.3 is 0 Å². The van der Waals surface area contributed by atoms with Crippen LogP contribution in [0.2, 0.25) is 0 Å². The van der Waals surface area contributed by atoms with E-state index < -0.39 is 0 Å². The minimum atomic E-state index is 0.176. The highest BCUT2D eigenvalue weighted by atomic mass is 15.1. The third kappa shape index (κ3) is 1.53. The molecule has 2 nitrogen and oxygen atoms in total. The molecule has 1 fully saturated rings. The molecule has 1 saturated carbocycles. The van der Waals surface area contributed by atoms with Gasteiger partial charge in [0.15, 0.2) is 0 Å². The Morgan fingerprint density at radius 2 is 2.00 bits per heavy atom. The van der Waals surface area contributed by atoms with E-state index in [1.54, 1.807) is 0 Å². The van der Waals surface area contributed by atoms with Gasteiger partial charge in [-0.05, 0) is 41.4 Å². The Bertz CT molecular complexity index is 527. The zero-order valence-corrected chi connectivity index (χ0v) is 10.2. The molecule has 0 saturated heterocycles. The predicted octanol–water partition coefficient (Wildman–Crippen LogP) is 3.74. The third-order valence-corrected chi connectivity index (χ3v) is 3.43. The Labute approximate surface area is 96.1 Å². The van der Waals surface area contributed by atoms with Gasteiger partial charge in [0.2, 0.25) is 0 Å². The van der Waals surface area contributed by atoms with Crippen molar-refractivity contribution in [3.63, 3.8) is 0 Å². The molecular formula is C14H18N2. The molecule has 0 spiro atoms. The largest absolute Gasteiger partial charge is 0.278 e. The number of hydrogen-bond donors (Lipinski definition) is 1. The van der Waals surface area contributed by atoms with Crippen LogP contribution in [0.1, 0.15) is 50.7 Å². The lowest BCUT2D eigenvalue weighted by molar-refractivity contribution is 0.593. The van der Waals surface area contributed by atoms with Crippen LogP contribution in [0.15, 0.2) is 18.3 Å². The summed E-state index contributed by atoms with van der Waals surface area (Å²) >= 11 is 0. The first-order valence-corrected chi connectivity index (χ1v) is 6.03. The Morgan fingerprint density at radius 1 is 1.25 bits per heavy atom. The lowest BCUT2D eigenvalue weighted by atomic mass is 9.84. The number of nitrogens with one attached hydrogen (secondary N) is 1. The maximum atomic E-state index is 4.17. The fourth-order valence-corrected chi connectivity index (χ4v) is 2.32. The molecule has 1 aliphatic rings. The van der Waals surface area contributed by atoms with Crippen molar-refractivity contribution in [2.75, 3.05) is 0 Å². The Balaban J connectivity index is 2.26. The first-order valence-electron chi connectivity index (χ1n) is 6.03. The summed E-state index contributed by atoms with van der Waals surface area (Å²) in [6.45, 7) is 6.79. The summed E-state index contributed by atoms with van der Waals surface area (Å²) in [6, 6.07) is 4.67. The minimum absolute atomic E-state index is 0.176. The molecule has 0 amide bonds. The van der Waals surface area contributed by atoms with Crippen molar-refractivity contribution in [2.24, 2.45) is 0 Å². The topological polar surface area (TPSA) is 28.7 Å². The number of rotatable bonds is 1. The van der Waals surface area contributed by atoms with E-state index in [2.05, 4.69) is 43.1 Å². The van der Waals surface area contributed by atoms with Gasteiger partial charge in [-0.25, -0.2) is 0 Å². The first kappa shape index (κ1) is 9.88. The van der Waals surface area contributed by atoms with Crippen molar-refractivity contribution >= 4 is 10.9 Å². The lowest BCUT2D eigenvalue weighted by Crippen LogP contribution is -2.12. The van der Waals surface area contributed by atoms with Gasteiger partial charge in [0.05, 0.1) is 11.7 Å². The summed E-state index contributed by atoms with van der Waals surface area (Å²) in [7, 11) is 0. The molecule has 0 radical (unpaired) electrons. The SMILES string of the molecule is CC(C)(C)c1cc(C2CC2)cc2cn[nH]c12. The van der Waals surface area contributed by atoms with E-state index in [0.29, 0.717) is 0 Å². The van der Waals surface area contributed by atoms with Crippen LogP contribution in [-0.2, 0) is 5.41 Å². The van der Waals surface area contributed by atoms with Crippen LogP contribution in [0, 0.1) is 0 Å². The van der Waals surface area contributed by atoms with Crippen molar-refractivity contribution in [2.45, 2.75) is 44.9 Å². The maximum absolute atomic E-state index is 4.17. The van der Waals surface area contributed by atoms with Crippen LogP contribution < -0.4 is 0 Å². The molecule has 1 aromatic heterocycles. The Morgan fingerprint density at radius 3 is 2.62 bits per heavy atom. The van der Waals surface area contributed by atoms with Gasteiger partial charge in [-0.15, -0.1) is 0 Å². The van der Waals surface area contributed by atoms with Crippen LogP contribution in [0.5, 0.6) is 0 Å². The smallest absolute Gasteiger partial charge is 0.0687 e. The summed E-state index contributed by atoms with van der Waals surface area (Å²) in [6.07, 6.45) is 4.65. The third-order valence-electron chi connectivity index (χ3n) is 3.43. The number of fused-ring (bicyclic) bond motifs is 1. The number of nitrogens with zero attached hydrogens (tertiary/aromatic N) is 1. The highest BCUT2D eigenvalue weighted by Gasteiger charge is 2.27. The molecule has 1 aliphatic carbocycles. The minimum Gasteiger partial charge on any atom is -0.278 e. The highest BCUT2D eigenvalue weighted by molar-refractivity contribution is 5.83. The lowest BCUT2D eigenvalue weighted by Gasteiger charge is -2.21. The second kappa shape index (κ2) is 3.09. The molecule has 2 aromatic rings. The van der Waals surface area contributed by atoms with E-state index in [-0.39, 0.29) is 5.41 Å². The first-order chi connectivity index (χ1) is 7.55. The van der Waals surface area contributed by atoms with Crippen molar-refractivity contribution < 1.29 is 0 Å². The van der Waals surface area contributed by atoms with Gasteiger partial charge in [-0.3, -0.25) is 5.10 Å². The average molecular weight is 214 g/mol. The molecule has 2 heteroatoms. The van der Waals surface area contributed by atoms with Crippen molar-refractivity contribution in [3.05, 3.63) is 29.5 Å². The second-order valence-corrected chi connectivity index (χ2v) is 5.93. The molecule has 84 valence electrons. The van der Waals surface area contributed by atoms with Crippen LogP contribution in [0.25, 0.3) is 10.9 Å². The molecular weight excluding hydrogens is 196 g/mol. The van der Waals surface area contributed by atoms with Crippen LogP contribution in [-0.4, -0.2) is 10.2 Å². The van der Waals surface area contributed by atoms with E-state index in [0.717, 1.165) is 5.92 Å². The predicted molar refractivity (Wildman–Crippen MR) is 66.8 cm³/mol. The van der Waals surface area contributed by atoms with Crippen molar-refractivity contribution in [3.8, 4) is 0 Å². The van der Waals surface area contributed by atoms with Gasteiger partial charge in [0.1, 0.15) is 0 Å². The van der Waals surface area contributed by atoms with Gasteiger partial charge in [-0.2, -0.15) is 5.10 Å². The van der Waals surface area contributed by atoms with E-state index >= 15 is 0 Å². The monoisotopic (exact) mass is 214 g/mol. The van der Waals surface area contributed by atoms with E-state index in [1.165, 1.54) is 34.9 Å². The number of aromatic nitrogens is 2. The number of H-pyrrole nitrogens is 1. The van der Waals surface area contributed by atoms with Gasteiger partial charge >= 0.3 is 0 Å². The van der Waals surface area contributed by atoms with Crippen LogP contribution in [0.4, 0.5) is 0 Å². The van der Waals surface area contributed by atoms with E-state index in [1.807, 2.05) is 6.20 Å². The maximum Gasteiger partial charge on any atom is 0.0687 e. The summed E-state index contributed by atoms with van der Waals surface area (Å²) in [5, 5.41) is 8.56. The molecule has 0 aliphatic heterocycles. The molecule has 0 unspecified atom stereocenters. The fourth-order valence-electron chi connectivity index (χ4n) is 2.32. The summed E-state index contributed by atoms with van der Waals surface area (Å²) < 4.78 is 0. The fraction of sp³-hybridized carbons (Fsp3) is 0.500. The van der Waals surface area contributed by atoms with E-state index in [4.69, 9.17) is 0 Å². The number of aromatic amines is 1. The molecule has 3 rings (SSSR count). The van der Waals surface area contributed by atoms with Crippen molar-refractivity contribution in [1.82, 2.24) is 10.2 Å². The van der Waals surface area contributed by atoms with Gasteiger partial charge in [-0.1, -0.05) is 26.8 Å². The zero-order valence-electron chi connectivity index (χ0n) is 10.2. The molecule has 16 heavy (non-hydrogen) atoms. The van der Waals surface area contributed by atoms with E-state index in [9.17, 15) is 0 Å². The zero-order chi connectivity index (χ0) is 11.3. The van der Waals surface area contributed by atoms with Crippen LogP contribution in [0.3, 0.4) is 0 Å². The summed E-state index contributed by atoms with van der Waals surface area (Å²) in [5.41, 5.74) is 4.27. The van der Waals surface area contributed by atoms with Gasteiger partial charge in [0, 0.05) is 5.39 Å². The normalized spacial score (nSPS) is 16.9.